The van der Waals surface area contributed by atoms with Crippen molar-refractivity contribution in [3.05, 3.63) is 82.9 Å². The van der Waals surface area contributed by atoms with Gasteiger partial charge in [-0.15, -0.1) is 0 Å². The minimum absolute atomic E-state index is 0.0434. The Morgan fingerprint density at radius 2 is 1.31 bits per heavy atom. The van der Waals surface area contributed by atoms with Crippen molar-refractivity contribution < 1.29 is 33.3 Å². The molecule has 7 heteroatoms. The van der Waals surface area contributed by atoms with Crippen molar-refractivity contribution in [3.8, 4) is 23.0 Å². The van der Waals surface area contributed by atoms with Crippen molar-refractivity contribution in [1.82, 2.24) is 0 Å². The van der Waals surface area contributed by atoms with Crippen molar-refractivity contribution in [2.45, 2.75) is 40.7 Å². The van der Waals surface area contributed by atoms with Crippen LogP contribution in [0.1, 0.15) is 54.7 Å². The lowest BCUT2D eigenvalue weighted by Crippen LogP contribution is -2.15. The summed E-state index contributed by atoms with van der Waals surface area (Å²) < 4.78 is 22.9. The van der Waals surface area contributed by atoms with Gasteiger partial charge in [-0.25, -0.2) is 4.79 Å². The Balaban J connectivity index is 1.80. The third kappa shape index (κ3) is 5.74. The van der Waals surface area contributed by atoms with Gasteiger partial charge in [-0.2, -0.15) is 0 Å². The van der Waals surface area contributed by atoms with E-state index < -0.39 is 5.97 Å². The lowest BCUT2D eigenvalue weighted by Gasteiger charge is -2.16. The summed E-state index contributed by atoms with van der Waals surface area (Å²) in [6.45, 7) is 6.97. The van der Waals surface area contributed by atoms with Crippen molar-refractivity contribution >= 4 is 17.9 Å². The van der Waals surface area contributed by atoms with E-state index in [2.05, 4.69) is 0 Å². The molecule has 0 fully saturated rings. The largest absolute Gasteiger partial charge is 0.457 e. The lowest BCUT2D eigenvalue weighted by atomic mass is 9.99. The molecular weight excluding hydrogens is 460 g/mol. The van der Waals surface area contributed by atoms with Crippen LogP contribution in [0.3, 0.4) is 0 Å². The van der Waals surface area contributed by atoms with Crippen LogP contribution in [-0.4, -0.2) is 17.9 Å². The number of hydrogen-bond donors (Lipinski definition) is 0. The van der Waals surface area contributed by atoms with Crippen LogP contribution >= 0.6 is 0 Å². The second-order valence-electron chi connectivity index (χ2n) is 9.20. The van der Waals surface area contributed by atoms with Gasteiger partial charge in [0.05, 0.1) is 17.4 Å². The average molecular weight is 489 g/mol. The second kappa shape index (κ2) is 10.6. The summed E-state index contributed by atoms with van der Waals surface area (Å²) in [5, 5.41) is 0. The molecule has 0 radical (unpaired) electrons. The first-order valence-corrected chi connectivity index (χ1v) is 11.8. The maximum atomic E-state index is 12.9. The van der Waals surface area contributed by atoms with Gasteiger partial charge in [-0.05, 0) is 35.4 Å². The number of carbonyl (C=O) groups excluding carboxylic acids is 3. The number of ether oxygens (including phenoxy) is 4. The summed E-state index contributed by atoms with van der Waals surface area (Å²) in [7, 11) is 0. The second-order valence-corrected chi connectivity index (χ2v) is 9.20. The number of hydrogen-bond acceptors (Lipinski definition) is 7. The van der Waals surface area contributed by atoms with Gasteiger partial charge in [0.15, 0.2) is 0 Å². The molecule has 0 saturated carbocycles. The highest BCUT2D eigenvalue weighted by Gasteiger charge is 2.21. The van der Waals surface area contributed by atoms with E-state index in [-0.39, 0.29) is 30.4 Å². The average Bonchev–Trinajstić information content (AvgIpc) is 2.86. The van der Waals surface area contributed by atoms with Gasteiger partial charge in [0.25, 0.3) is 0 Å². The van der Waals surface area contributed by atoms with Gasteiger partial charge in [0.2, 0.25) is 0 Å². The van der Waals surface area contributed by atoms with E-state index in [0.29, 0.717) is 40.5 Å². The minimum Gasteiger partial charge on any atom is -0.457 e. The fourth-order valence-electron chi connectivity index (χ4n) is 3.54. The van der Waals surface area contributed by atoms with Gasteiger partial charge >= 0.3 is 17.9 Å². The fourth-order valence-corrected chi connectivity index (χ4v) is 3.54. The standard InChI is InChI=1S/C29H28O7/c1-17(2)27(30)34-22-11-9-20-13-19-7-5-6-8-24(19)29(32)33-16-21-10-12-23(35-28(31)18(3)4)15-26(21)36-25(20)14-22/h5-12,14-15,17-18H,13,16H2,1-4H3. The summed E-state index contributed by atoms with van der Waals surface area (Å²) in [4.78, 5) is 37.2. The molecule has 0 unspecified atom stereocenters. The zero-order valence-corrected chi connectivity index (χ0v) is 20.7. The van der Waals surface area contributed by atoms with Gasteiger partial charge in [-0.3, -0.25) is 9.59 Å². The molecular formula is C29H28O7. The van der Waals surface area contributed by atoms with E-state index in [4.69, 9.17) is 18.9 Å². The third-order valence-electron chi connectivity index (χ3n) is 5.65. The number of benzene rings is 3. The SMILES string of the molecule is CC(C)C(=O)Oc1ccc2c(c1)Oc1cc(OC(=O)C(C)C)ccc1Cc1ccccc1C(=O)OC2. The van der Waals surface area contributed by atoms with E-state index in [1.54, 1.807) is 76.2 Å². The van der Waals surface area contributed by atoms with Gasteiger partial charge in [0, 0.05) is 24.1 Å². The van der Waals surface area contributed by atoms with Crippen LogP contribution < -0.4 is 14.2 Å². The van der Waals surface area contributed by atoms with Gasteiger partial charge in [0.1, 0.15) is 29.6 Å². The molecule has 0 saturated heterocycles. The predicted octanol–water partition coefficient (Wildman–Crippen LogP) is 5.86. The van der Waals surface area contributed by atoms with Crippen molar-refractivity contribution in [1.29, 1.82) is 0 Å². The molecule has 0 bridgehead atoms. The van der Waals surface area contributed by atoms with E-state index in [0.717, 1.165) is 11.1 Å². The predicted molar refractivity (Wildman–Crippen MR) is 132 cm³/mol. The van der Waals surface area contributed by atoms with Crippen LogP contribution in [0.5, 0.6) is 23.0 Å². The summed E-state index contributed by atoms with van der Waals surface area (Å²) in [6.07, 6.45) is 0.385. The minimum atomic E-state index is -0.446. The van der Waals surface area contributed by atoms with Gasteiger partial charge < -0.3 is 18.9 Å². The molecule has 0 aromatic heterocycles. The van der Waals surface area contributed by atoms with Crippen LogP contribution in [0.4, 0.5) is 0 Å². The summed E-state index contributed by atoms with van der Waals surface area (Å²) in [5.74, 6) is -0.335. The Morgan fingerprint density at radius 1 is 0.750 bits per heavy atom. The molecule has 0 amide bonds. The first kappa shape index (κ1) is 25.0. The number of esters is 3. The highest BCUT2D eigenvalue weighted by molar-refractivity contribution is 5.91. The maximum absolute atomic E-state index is 12.9. The van der Waals surface area contributed by atoms with E-state index in [9.17, 15) is 14.4 Å². The highest BCUT2D eigenvalue weighted by Crippen LogP contribution is 2.36. The molecule has 3 aromatic rings. The normalized spacial score (nSPS) is 12.9. The topological polar surface area (TPSA) is 88.1 Å². The summed E-state index contributed by atoms with van der Waals surface area (Å²) in [5.41, 5.74) is 2.60. The molecule has 1 aliphatic rings. The molecule has 4 rings (SSSR count). The quantitative estimate of drug-likeness (QED) is 0.336. The Hall–Kier alpha value is -4.13. The van der Waals surface area contributed by atoms with Crippen LogP contribution in [0.15, 0.2) is 60.7 Å². The van der Waals surface area contributed by atoms with Crippen LogP contribution in [0.2, 0.25) is 0 Å². The van der Waals surface area contributed by atoms with Gasteiger partial charge in [-0.1, -0.05) is 52.0 Å². The Labute approximate surface area is 209 Å². The third-order valence-corrected chi connectivity index (χ3v) is 5.65. The molecule has 186 valence electrons. The van der Waals surface area contributed by atoms with Crippen LogP contribution in [0.25, 0.3) is 0 Å². The number of carbonyl (C=O) groups is 3. The van der Waals surface area contributed by atoms with E-state index >= 15 is 0 Å². The zero-order valence-electron chi connectivity index (χ0n) is 20.7. The molecule has 0 atom stereocenters. The zero-order chi connectivity index (χ0) is 25.8. The lowest BCUT2D eigenvalue weighted by molar-refractivity contribution is -0.138. The Kier molecular flexibility index (Phi) is 7.38. The summed E-state index contributed by atoms with van der Waals surface area (Å²) in [6, 6.07) is 17.3. The summed E-state index contributed by atoms with van der Waals surface area (Å²) >= 11 is 0. The molecule has 0 spiro atoms. The number of fused-ring (bicyclic) bond motifs is 3. The van der Waals surface area contributed by atoms with Crippen molar-refractivity contribution in [2.24, 2.45) is 11.8 Å². The molecule has 0 N–H and O–H groups in total. The monoisotopic (exact) mass is 488 g/mol. The Morgan fingerprint density at radius 3 is 1.92 bits per heavy atom. The molecule has 1 heterocycles. The Bertz CT molecular complexity index is 1310. The van der Waals surface area contributed by atoms with Crippen LogP contribution in [-0.2, 0) is 27.4 Å². The smallest absolute Gasteiger partial charge is 0.338 e. The molecule has 1 aliphatic heterocycles. The van der Waals surface area contributed by atoms with E-state index in [1.165, 1.54) is 0 Å². The maximum Gasteiger partial charge on any atom is 0.338 e. The van der Waals surface area contributed by atoms with E-state index in [1.807, 2.05) is 12.1 Å². The van der Waals surface area contributed by atoms with Crippen molar-refractivity contribution in [2.75, 3.05) is 0 Å². The van der Waals surface area contributed by atoms with Crippen molar-refractivity contribution in [3.63, 3.8) is 0 Å². The molecule has 36 heavy (non-hydrogen) atoms. The highest BCUT2D eigenvalue weighted by atomic mass is 16.5. The molecule has 7 nitrogen and oxygen atoms in total. The first-order chi connectivity index (χ1) is 17.2. The molecule has 0 aliphatic carbocycles. The molecule has 3 aromatic carbocycles. The number of rotatable bonds is 4. The fraction of sp³-hybridized carbons (Fsp3) is 0.276. The van der Waals surface area contributed by atoms with Crippen LogP contribution in [0, 0.1) is 11.8 Å². The number of cyclic esters (lactones) is 1. The first-order valence-electron chi connectivity index (χ1n) is 11.8.